The standard InChI is InChI=1S/C21H22F3N5O2/c1-12-9-17(25-11-16(30)13-5-3-2-4-6-13)27-19-15(10-26-29(12)19)20(31)28-18(14-7-8-14)21(22,23)24/h2-6,9-10,14,16,18,30H,7-8,11H2,1H3,(H,25,27)(H,28,31). The highest BCUT2D eigenvalue weighted by Crippen LogP contribution is 2.40. The number of nitrogens with one attached hydrogen (secondary N) is 2. The summed E-state index contributed by atoms with van der Waals surface area (Å²) in [6.45, 7) is 1.91. The second-order valence-electron chi connectivity index (χ2n) is 7.71. The summed E-state index contributed by atoms with van der Waals surface area (Å²) in [4.78, 5) is 17.0. The lowest BCUT2D eigenvalue weighted by molar-refractivity contribution is -0.158. The maximum Gasteiger partial charge on any atom is 0.408 e. The molecule has 1 fully saturated rings. The molecule has 2 heterocycles. The molecule has 1 aliphatic rings. The monoisotopic (exact) mass is 433 g/mol. The van der Waals surface area contributed by atoms with E-state index in [9.17, 15) is 23.1 Å². The Morgan fingerprint density at radius 2 is 2.00 bits per heavy atom. The van der Waals surface area contributed by atoms with Gasteiger partial charge in [-0.1, -0.05) is 30.3 Å². The summed E-state index contributed by atoms with van der Waals surface area (Å²) in [6.07, 6.45) is -3.20. The van der Waals surface area contributed by atoms with Crippen LogP contribution in [0.25, 0.3) is 5.65 Å². The number of halogens is 3. The molecule has 0 bridgehead atoms. The average Bonchev–Trinajstić information content (AvgIpc) is 3.47. The maximum absolute atomic E-state index is 13.3. The summed E-state index contributed by atoms with van der Waals surface area (Å²) in [5, 5.41) is 19.5. The number of nitrogens with zero attached hydrogens (tertiary/aromatic N) is 3. The smallest absolute Gasteiger partial charge is 0.387 e. The van der Waals surface area contributed by atoms with Crippen molar-refractivity contribution >= 4 is 17.4 Å². The van der Waals surface area contributed by atoms with E-state index in [1.165, 1.54) is 10.7 Å². The van der Waals surface area contributed by atoms with Gasteiger partial charge >= 0.3 is 6.18 Å². The number of rotatable bonds is 7. The average molecular weight is 433 g/mol. The van der Waals surface area contributed by atoms with E-state index in [2.05, 4.69) is 20.7 Å². The molecule has 1 aliphatic carbocycles. The Kier molecular flexibility index (Phi) is 5.57. The molecule has 3 N–H and O–H groups in total. The Bertz CT molecular complexity index is 1080. The molecule has 0 saturated heterocycles. The Balaban J connectivity index is 1.54. The molecule has 2 unspecified atom stereocenters. The van der Waals surface area contributed by atoms with Gasteiger partial charge in [0.25, 0.3) is 5.91 Å². The number of anilines is 1. The van der Waals surface area contributed by atoms with E-state index in [4.69, 9.17) is 0 Å². The molecule has 2 aromatic heterocycles. The van der Waals surface area contributed by atoms with Gasteiger partial charge in [-0.3, -0.25) is 4.79 Å². The van der Waals surface area contributed by atoms with Crippen molar-refractivity contribution in [2.75, 3.05) is 11.9 Å². The first kappa shape index (κ1) is 21.1. The minimum absolute atomic E-state index is 0.0368. The molecular weight excluding hydrogens is 411 g/mol. The molecule has 7 nitrogen and oxygen atoms in total. The minimum atomic E-state index is -4.51. The fraction of sp³-hybridized carbons (Fsp3) is 0.381. The fourth-order valence-corrected chi connectivity index (χ4v) is 3.47. The number of carbonyl (C=O) groups is 1. The zero-order valence-electron chi connectivity index (χ0n) is 16.7. The second kappa shape index (κ2) is 8.18. The van der Waals surface area contributed by atoms with Crippen molar-refractivity contribution < 1.29 is 23.1 Å². The van der Waals surface area contributed by atoms with Crippen LogP contribution >= 0.6 is 0 Å². The van der Waals surface area contributed by atoms with E-state index in [1.807, 2.05) is 18.2 Å². The largest absolute Gasteiger partial charge is 0.408 e. The highest BCUT2D eigenvalue weighted by atomic mass is 19.4. The van der Waals surface area contributed by atoms with Gasteiger partial charge in [-0.15, -0.1) is 0 Å². The Morgan fingerprint density at radius 1 is 1.29 bits per heavy atom. The number of fused-ring (bicyclic) bond motifs is 1. The Labute approximate surface area is 176 Å². The third kappa shape index (κ3) is 4.63. The molecular formula is C21H22F3N5O2. The number of amides is 1. The number of benzene rings is 1. The molecule has 0 aliphatic heterocycles. The summed E-state index contributed by atoms with van der Waals surface area (Å²) in [7, 11) is 0. The van der Waals surface area contributed by atoms with Gasteiger partial charge in [-0.05, 0) is 31.2 Å². The van der Waals surface area contributed by atoms with Crippen LogP contribution in [0.5, 0.6) is 0 Å². The first-order valence-electron chi connectivity index (χ1n) is 9.94. The zero-order chi connectivity index (χ0) is 22.2. The van der Waals surface area contributed by atoms with Crippen molar-refractivity contribution in [3.8, 4) is 0 Å². The van der Waals surface area contributed by atoms with Crippen LogP contribution in [0.4, 0.5) is 19.0 Å². The van der Waals surface area contributed by atoms with Crippen LogP contribution in [-0.4, -0.2) is 44.4 Å². The SMILES string of the molecule is Cc1cc(NCC(O)c2ccccc2)nc2c(C(=O)NC(C3CC3)C(F)(F)F)cnn12. The van der Waals surface area contributed by atoms with Crippen molar-refractivity contribution in [1.82, 2.24) is 19.9 Å². The number of aliphatic hydroxyl groups excluding tert-OH is 1. The van der Waals surface area contributed by atoms with Gasteiger partial charge in [0, 0.05) is 18.3 Å². The molecule has 1 saturated carbocycles. The molecule has 1 aromatic carbocycles. The lowest BCUT2D eigenvalue weighted by Gasteiger charge is -2.21. The van der Waals surface area contributed by atoms with E-state index in [0.29, 0.717) is 24.4 Å². The predicted molar refractivity (Wildman–Crippen MR) is 108 cm³/mol. The molecule has 3 aromatic rings. The first-order valence-corrected chi connectivity index (χ1v) is 9.94. The van der Waals surface area contributed by atoms with Crippen LogP contribution in [0.2, 0.25) is 0 Å². The van der Waals surface area contributed by atoms with Crippen molar-refractivity contribution in [3.63, 3.8) is 0 Å². The summed E-state index contributed by atoms with van der Waals surface area (Å²) in [6, 6.07) is 8.89. The van der Waals surface area contributed by atoms with Gasteiger partial charge in [0.1, 0.15) is 17.4 Å². The number of carbonyl (C=O) groups excluding carboxylic acids is 1. The number of aryl methyl sites for hydroxylation is 1. The molecule has 164 valence electrons. The predicted octanol–water partition coefficient (Wildman–Crippen LogP) is 3.25. The van der Waals surface area contributed by atoms with E-state index >= 15 is 0 Å². The third-order valence-corrected chi connectivity index (χ3v) is 5.29. The van der Waals surface area contributed by atoms with E-state index in [-0.39, 0.29) is 17.8 Å². The van der Waals surface area contributed by atoms with Crippen molar-refractivity contribution in [2.45, 2.75) is 38.1 Å². The normalized spacial score (nSPS) is 16.2. The zero-order valence-corrected chi connectivity index (χ0v) is 16.7. The highest BCUT2D eigenvalue weighted by Gasteiger charge is 2.49. The lowest BCUT2D eigenvalue weighted by atomic mass is 10.1. The highest BCUT2D eigenvalue weighted by molar-refractivity contribution is 6.00. The van der Waals surface area contributed by atoms with E-state index < -0.39 is 30.1 Å². The van der Waals surface area contributed by atoms with Gasteiger partial charge in [-0.25, -0.2) is 9.50 Å². The van der Waals surface area contributed by atoms with Crippen molar-refractivity contribution in [2.24, 2.45) is 5.92 Å². The van der Waals surface area contributed by atoms with Crippen LogP contribution < -0.4 is 10.6 Å². The number of hydrogen-bond acceptors (Lipinski definition) is 5. The number of aliphatic hydroxyl groups is 1. The van der Waals surface area contributed by atoms with Crippen molar-refractivity contribution in [3.05, 3.63) is 59.4 Å². The van der Waals surface area contributed by atoms with Gasteiger partial charge in [0.15, 0.2) is 5.65 Å². The first-order chi connectivity index (χ1) is 14.7. The topological polar surface area (TPSA) is 91.5 Å². The number of alkyl halides is 3. The molecule has 2 atom stereocenters. The fourth-order valence-electron chi connectivity index (χ4n) is 3.47. The maximum atomic E-state index is 13.3. The Morgan fingerprint density at radius 3 is 2.65 bits per heavy atom. The van der Waals surface area contributed by atoms with Crippen LogP contribution in [0, 0.1) is 12.8 Å². The van der Waals surface area contributed by atoms with E-state index in [0.717, 1.165) is 5.56 Å². The van der Waals surface area contributed by atoms with Gasteiger partial charge in [0.05, 0.1) is 12.3 Å². The summed E-state index contributed by atoms with van der Waals surface area (Å²) in [5.41, 5.74) is 1.47. The quantitative estimate of drug-likeness (QED) is 0.532. The lowest BCUT2D eigenvalue weighted by Crippen LogP contribution is -2.46. The van der Waals surface area contributed by atoms with Crippen LogP contribution in [0.1, 0.15) is 40.6 Å². The van der Waals surface area contributed by atoms with Crippen LogP contribution in [-0.2, 0) is 0 Å². The molecule has 4 rings (SSSR count). The third-order valence-electron chi connectivity index (χ3n) is 5.29. The van der Waals surface area contributed by atoms with Gasteiger partial charge in [-0.2, -0.15) is 18.3 Å². The van der Waals surface area contributed by atoms with Gasteiger partial charge in [0.2, 0.25) is 0 Å². The molecule has 1 amide bonds. The molecule has 0 radical (unpaired) electrons. The minimum Gasteiger partial charge on any atom is -0.387 e. The number of hydrogen-bond donors (Lipinski definition) is 3. The van der Waals surface area contributed by atoms with Crippen LogP contribution in [0.15, 0.2) is 42.6 Å². The van der Waals surface area contributed by atoms with E-state index in [1.54, 1.807) is 25.1 Å². The second-order valence-corrected chi connectivity index (χ2v) is 7.71. The van der Waals surface area contributed by atoms with Gasteiger partial charge < -0.3 is 15.7 Å². The van der Waals surface area contributed by atoms with Crippen LogP contribution in [0.3, 0.4) is 0 Å². The molecule has 31 heavy (non-hydrogen) atoms. The summed E-state index contributed by atoms with van der Waals surface area (Å²) in [5.74, 6) is -1.07. The Hall–Kier alpha value is -3.14. The summed E-state index contributed by atoms with van der Waals surface area (Å²) >= 11 is 0. The van der Waals surface area contributed by atoms with Crippen molar-refractivity contribution in [1.29, 1.82) is 0 Å². The summed E-state index contributed by atoms with van der Waals surface area (Å²) < 4.78 is 41.3. The molecule has 10 heteroatoms. The number of aromatic nitrogens is 3. The molecule has 0 spiro atoms.